The Balaban J connectivity index is 1.90. The van der Waals surface area contributed by atoms with Crippen LogP contribution in [-0.2, 0) is 6.54 Å². The number of aryl methyl sites for hydroxylation is 1. The molecule has 3 aromatic rings. The maximum absolute atomic E-state index is 11.7. The minimum atomic E-state index is -0.949. The van der Waals surface area contributed by atoms with Gasteiger partial charge in [0.1, 0.15) is 12.7 Å². The highest BCUT2D eigenvalue weighted by atomic mass is 16.5. The molecule has 2 N–H and O–H groups in total. The smallest absolute Gasteiger partial charge is 0.335 e. The summed E-state index contributed by atoms with van der Waals surface area (Å²) >= 11 is 0. The first-order valence-corrected chi connectivity index (χ1v) is 11.4. The maximum Gasteiger partial charge on any atom is 0.335 e. The number of rotatable bonds is 3. The summed E-state index contributed by atoms with van der Waals surface area (Å²) in [5.41, 5.74) is 5.42. The molecule has 1 saturated carbocycles. The number of hydrogen-bond acceptors (Lipinski definition) is 4. The number of fused-ring (bicyclic) bond motifs is 5. The summed E-state index contributed by atoms with van der Waals surface area (Å²) in [4.78, 5) is 11.7. The Kier molecular flexibility index (Phi) is 5.33. The van der Waals surface area contributed by atoms with Crippen LogP contribution in [-0.4, -0.2) is 40.6 Å². The topological polar surface area (TPSA) is 80.9 Å². The van der Waals surface area contributed by atoms with Crippen molar-refractivity contribution in [3.05, 3.63) is 47.0 Å². The molecule has 6 nitrogen and oxygen atoms in total. The minimum Gasteiger partial charge on any atom is -0.493 e. The van der Waals surface area contributed by atoms with Crippen molar-refractivity contribution in [2.45, 2.75) is 57.6 Å². The third-order valence-electron chi connectivity index (χ3n) is 6.96. The summed E-state index contributed by atoms with van der Waals surface area (Å²) in [5.74, 6) is 0.714. The van der Waals surface area contributed by atoms with E-state index in [2.05, 4.69) is 11.5 Å². The molecule has 168 valence electrons. The number of methoxy groups -OCH3 is 1. The standard InChI is InChI=1S/C26H29NO5/c1-15-8-11-21(31-2)25-22(15)24-23(16-6-4-3-5-7-16)19-10-9-17(26(29)30)12-20(19)27(24)13-18(28)14-32-25/h8-12,16,18,28H,3-7,13-14H2,1-2H3,(H,29,30)/t18-/m0/s1. The lowest BCUT2D eigenvalue weighted by molar-refractivity contribution is 0.0697. The summed E-state index contributed by atoms with van der Waals surface area (Å²) in [5, 5.41) is 21.5. The summed E-state index contributed by atoms with van der Waals surface area (Å²) < 4.78 is 13.9. The predicted molar refractivity (Wildman–Crippen MR) is 123 cm³/mol. The van der Waals surface area contributed by atoms with E-state index in [1.165, 1.54) is 24.8 Å². The summed E-state index contributed by atoms with van der Waals surface area (Å²) in [6.07, 6.45) is 5.11. The van der Waals surface area contributed by atoms with Crippen molar-refractivity contribution in [3.63, 3.8) is 0 Å². The Labute approximate surface area is 187 Å². The Morgan fingerprint density at radius 2 is 1.94 bits per heavy atom. The van der Waals surface area contributed by atoms with Crippen LogP contribution in [0.1, 0.15) is 59.5 Å². The Morgan fingerprint density at radius 3 is 2.66 bits per heavy atom. The van der Waals surface area contributed by atoms with Gasteiger partial charge in [-0.05, 0) is 55.0 Å². The van der Waals surface area contributed by atoms with E-state index in [4.69, 9.17) is 9.47 Å². The number of benzene rings is 2. The Bertz CT molecular complexity index is 1190. The van der Waals surface area contributed by atoms with Crippen LogP contribution in [0.2, 0.25) is 0 Å². The molecule has 2 aliphatic rings. The van der Waals surface area contributed by atoms with Gasteiger partial charge in [-0.25, -0.2) is 4.79 Å². The van der Waals surface area contributed by atoms with Crippen LogP contribution in [0, 0.1) is 6.92 Å². The van der Waals surface area contributed by atoms with Gasteiger partial charge in [-0.2, -0.15) is 0 Å². The minimum absolute atomic E-state index is 0.142. The number of aromatic carboxylic acids is 1. The van der Waals surface area contributed by atoms with E-state index in [-0.39, 0.29) is 12.2 Å². The fourth-order valence-electron chi connectivity index (χ4n) is 5.48. The van der Waals surface area contributed by atoms with Crippen LogP contribution >= 0.6 is 0 Å². The lowest BCUT2D eigenvalue weighted by Gasteiger charge is -2.28. The molecule has 2 aromatic carbocycles. The van der Waals surface area contributed by atoms with Gasteiger partial charge in [0.05, 0.1) is 24.9 Å². The average Bonchev–Trinajstić information content (AvgIpc) is 3.09. The SMILES string of the molecule is COc1ccc(C)c2c1OC[C@@H](O)Cn1c-2c(C2CCCCC2)c2ccc(C(=O)O)cc21. The highest BCUT2D eigenvalue weighted by Gasteiger charge is 2.32. The predicted octanol–water partition coefficient (Wildman–Crippen LogP) is 5.12. The van der Waals surface area contributed by atoms with E-state index in [1.54, 1.807) is 19.2 Å². The van der Waals surface area contributed by atoms with E-state index in [9.17, 15) is 15.0 Å². The number of carbonyl (C=O) groups is 1. The van der Waals surface area contributed by atoms with Crippen molar-refractivity contribution in [1.82, 2.24) is 4.57 Å². The molecule has 0 spiro atoms. The van der Waals surface area contributed by atoms with Crippen molar-refractivity contribution in [2.75, 3.05) is 13.7 Å². The van der Waals surface area contributed by atoms with Crippen molar-refractivity contribution < 1.29 is 24.5 Å². The molecule has 0 amide bonds. The molecule has 1 atom stereocenters. The zero-order valence-corrected chi connectivity index (χ0v) is 18.6. The molecule has 1 aliphatic heterocycles. The molecule has 0 radical (unpaired) electrons. The van der Waals surface area contributed by atoms with Crippen LogP contribution in [0.25, 0.3) is 22.2 Å². The van der Waals surface area contributed by atoms with Crippen LogP contribution in [0.5, 0.6) is 11.5 Å². The van der Waals surface area contributed by atoms with Gasteiger partial charge in [0.2, 0.25) is 0 Å². The number of nitrogens with zero attached hydrogens (tertiary/aromatic N) is 1. The number of aliphatic hydroxyl groups excluding tert-OH is 1. The molecule has 32 heavy (non-hydrogen) atoms. The highest BCUT2D eigenvalue weighted by Crippen LogP contribution is 2.50. The largest absolute Gasteiger partial charge is 0.493 e. The molecule has 0 unspecified atom stereocenters. The van der Waals surface area contributed by atoms with Gasteiger partial charge in [0.15, 0.2) is 11.5 Å². The molecule has 1 aromatic heterocycles. The van der Waals surface area contributed by atoms with Gasteiger partial charge in [0, 0.05) is 16.5 Å². The van der Waals surface area contributed by atoms with Crippen LogP contribution < -0.4 is 9.47 Å². The fourth-order valence-corrected chi connectivity index (χ4v) is 5.48. The molecular formula is C26H29NO5. The quantitative estimate of drug-likeness (QED) is 0.597. The molecule has 1 aliphatic carbocycles. The van der Waals surface area contributed by atoms with Crippen molar-refractivity contribution in [1.29, 1.82) is 0 Å². The van der Waals surface area contributed by atoms with Gasteiger partial charge in [-0.15, -0.1) is 0 Å². The second-order valence-corrected chi connectivity index (χ2v) is 9.00. The first-order valence-electron chi connectivity index (χ1n) is 11.4. The zero-order chi connectivity index (χ0) is 22.4. The van der Waals surface area contributed by atoms with Gasteiger partial charge >= 0.3 is 5.97 Å². The third kappa shape index (κ3) is 3.34. The molecule has 6 heteroatoms. The number of ether oxygens (including phenoxy) is 2. The Hall–Kier alpha value is -2.99. The molecule has 0 bridgehead atoms. The average molecular weight is 436 g/mol. The van der Waals surface area contributed by atoms with Gasteiger partial charge in [0.25, 0.3) is 0 Å². The molecule has 2 heterocycles. The van der Waals surface area contributed by atoms with E-state index in [0.29, 0.717) is 24.0 Å². The van der Waals surface area contributed by atoms with Crippen LogP contribution in [0.3, 0.4) is 0 Å². The number of carboxylic acids is 1. The second-order valence-electron chi connectivity index (χ2n) is 9.00. The molecule has 5 rings (SSSR count). The van der Waals surface area contributed by atoms with Crippen molar-refractivity contribution in [3.8, 4) is 22.8 Å². The molecular weight excluding hydrogens is 406 g/mol. The normalized spacial score (nSPS) is 18.9. The maximum atomic E-state index is 11.7. The van der Waals surface area contributed by atoms with Crippen molar-refractivity contribution >= 4 is 16.9 Å². The second kappa shape index (κ2) is 8.17. The number of carboxylic acid groups (broad SMARTS) is 1. The van der Waals surface area contributed by atoms with E-state index in [1.807, 2.05) is 18.2 Å². The zero-order valence-electron chi connectivity index (χ0n) is 18.6. The molecule has 1 fully saturated rings. The van der Waals surface area contributed by atoms with Gasteiger partial charge in [-0.1, -0.05) is 31.4 Å². The number of hydrogen-bond donors (Lipinski definition) is 2. The third-order valence-corrected chi connectivity index (χ3v) is 6.96. The molecule has 0 saturated heterocycles. The Morgan fingerprint density at radius 1 is 1.16 bits per heavy atom. The fraction of sp³-hybridized carbons (Fsp3) is 0.423. The van der Waals surface area contributed by atoms with Crippen LogP contribution in [0.15, 0.2) is 30.3 Å². The van der Waals surface area contributed by atoms with E-state index >= 15 is 0 Å². The van der Waals surface area contributed by atoms with E-state index in [0.717, 1.165) is 40.6 Å². The van der Waals surface area contributed by atoms with Gasteiger partial charge in [-0.3, -0.25) is 0 Å². The first-order chi connectivity index (χ1) is 15.5. The summed E-state index contributed by atoms with van der Waals surface area (Å²) in [6.45, 7) is 2.55. The summed E-state index contributed by atoms with van der Waals surface area (Å²) in [6, 6.07) is 9.32. The number of aromatic nitrogens is 1. The number of aliphatic hydroxyl groups is 1. The monoisotopic (exact) mass is 435 g/mol. The van der Waals surface area contributed by atoms with E-state index < -0.39 is 12.1 Å². The van der Waals surface area contributed by atoms with Crippen molar-refractivity contribution in [2.24, 2.45) is 0 Å². The lowest BCUT2D eigenvalue weighted by atomic mass is 9.81. The van der Waals surface area contributed by atoms with Gasteiger partial charge < -0.3 is 24.3 Å². The van der Waals surface area contributed by atoms with Crippen LogP contribution in [0.4, 0.5) is 0 Å². The first kappa shape index (κ1) is 20.9. The highest BCUT2D eigenvalue weighted by molar-refractivity contribution is 5.99. The lowest BCUT2D eigenvalue weighted by Crippen LogP contribution is -2.26. The summed E-state index contributed by atoms with van der Waals surface area (Å²) in [7, 11) is 1.63.